The van der Waals surface area contributed by atoms with Crippen LogP contribution in [0.5, 0.6) is 0 Å². The molecule has 0 spiro atoms. The molecule has 0 aliphatic carbocycles. The molecule has 2 atom stereocenters. The van der Waals surface area contributed by atoms with Crippen LogP contribution >= 0.6 is 0 Å². The summed E-state index contributed by atoms with van der Waals surface area (Å²) in [4.78, 5) is 0. The Hall–Kier alpha value is -0.120. The summed E-state index contributed by atoms with van der Waals surface area (Å²) in [6, 6.07) is 0. The Bertz CT molecular complexity index is 27.0. The highest BCUT2D eigenvalue weighted by molar-refractivity contribution is 4.42. The van der Waals surface area contributed by atoms with Gasteiger partial charge in [0, 0.05) is 0 Å². The molecule has 0 saturated carbocycles. The predicted octanol–water partition coefficient (Wildman–Crippen LogP) is -0.884. The van der Waals surface area contributed by atoms with Gasteiger partial charge < -0.3 is 10.2 Å². The summed E-state index contributed by atoms with van der Waals surface area (Å²) in [6.45, 7) is 1.23. The Balaban J connectivity index is 2.99. The third kappa shape index (κ3) is 2.14. The molecule has 0 aliphatic rings. The summed E-state index contributed by atoms with van der Waals surface area (Å²) < 4.78 is 0. The SMILES string of the molecule is CC(O)[C@@H]([O])O. The quantitative estimate of drug-likeness (QED) is 0.411. The van der Waals surface area contributed by atoms with E-state index >= 15 is 0 Å². The van der Waals surface area contributed by atoms with Crippen LogP contribution in [0.4, 0.5) is 0 Å². The first-order valence-corrected chi connectivity index (χ1v) is 1.66. The normalized spacial score (nSPS) is 15.5. The molecule has 0 bridgehead atoms. The van der Waals surface area contributed by atoms with Gasteiger partial charge in [-0.15, -0.1) is 0 Å². The minimum Gasteiger partial charge on any atom is -0.388 e. The topological polar surface area (TPSA) is 60.4 Å². The molecule has 1 unspecified atom stereocenters. The number of hydrogen-bond donors (Lipinski definition) is 2. The predicted molar refractivity (Wildman–Crippen MR) is 18.4 cm³/mol. The molecule has 0 saturated heterocycles. The van der Waals surface area contributed by atoms with E-state index in [0.29, 0.717) is 0 Å². The summed E-state index contributed by atoms with van der Waals surface area (Å²) in [5, 5.41) is 25.4. The van der Waals surface area contributed by atoms with Crippen molar-refractivity contribution in [3.8, 4) is 0 Å². The highest BCUT2D eigenvalue weighted by atomic mass is 16.5. The third-order valence-electron chi connectivity index (χ3n) is 0.413. The van der Waals surface area contributed by atoms with Crippen LogP contribution in [0.25, 0.3) is 0 Å². The largest absolute Gasteiger partial charge is 0.388 e. The van der Waals surface area contributed by atoms with Crippen LogP contribution in [0.1, 0.15) is 6.92 Å². The summed E-state index contributed by atoms with van der Waals surface area (Å²) in [7, 11) is 0. The molecule has 1 radical (unpaired) electrons. The van der Waals surface area contributed by atoms with Crippen LogP contribution in [0.15, 0.2) is 0 Å². The van der Waals surface area contributed by atoms with E-state index in [4.69, 9.17) is 10.2 Å². The van der Waals surface area contributed by atoms with Gasteiger partial charge >= 0.3 is 0 Å². The van der Waals surface area contributed by atoms with E-state index in [9.17, 15) is 5.11 Å². The van der Waals surface area contributed by atoms with Crippen molar-refractivity contribution in [1.82, 2.24) is 0 Å². The van der Waals surface area contributed by atoms with Crippen LogP contribution in [-0.2, 0) is 5.11 Å². The van der Waals surface area contributed by atoms with Crippen LogP contribution in [-0.4, -0.2) is 22.6 Å². The molecule has 2 N–H and O–H groups in total. The van der Waals surface area contributed by atoms with Gasteiger partial charge in [0.15, 0.2) is 0 Å². The Morgan fingerprint density at radius 1 is 1.50 bits per heavy atom. The zero-order valence-corrected chi connectivity index (χ0v) is 3.46. The average Bonchev–Trinajstić information content (AvgIpc) is 1.36. The van der Waals surface area contributed by atoms with Gasteiger partial charge in [0.25, 0.3) is 0 Å². The first-order valence-electron chi connectivity index (χ1n) is 1.66. The average molecular weight is 91.1 g/mol. The molecule has 0 aromatic rings. The molecule has 6 heavy (non-hydrogen) atoms. The van der Waals surface area contributed by atoms with Crippen LogP contribution < -0.4 is 0 Å². The molecule has 37 valence electrons. The van der Waals surface area contributed by atoms with Crippen LogP contribution in [0, 0.1) is 0 Å². The van der Waals surface area contributed by atoms with E-state index in [0.717, 1.165) is 0 Å². The minimum absolute atomic E-state index is 1.15. The summed E-state index contributed by atoms with van der Waals surface area (Å²) in [6.07, 6.45) is -2.99. The molecule has 0 amide bonds. The molecule has 0 heterocycles. The van der Waals surface area contributed by atoms with Crippen molar-refractivity contribution < 1.29 is 15.3 Å². The molecule has 0 rings (SSSR count). The molecule has 0 aliphatic heterocycles. The van der Waals surface area contributed by atoms with E-state index in [1.165, 1.54) is 6.92 Å². The summed E-state index contributed by atoms with van der Waals surface area (Å²) in [5.41, 5.74) is 0. The van der Waals surface area contributed by atoms with Crippen molar-refractivity contribution >= 4 is 0 Å². The molecule has 0 aromatic heterocycles. The van der Waals surface area contributed by atoms with Gasteiger partial charge in [0.2, 0.25) is 6.29 Å². The summed E-state index contributed by atoms with van der Waals surface area (Å²) in [5.74, 6) is 0. The van der Waals surface area contributed by atoms with Gasteiger partial charge in [-0.05, 0) is 6.92 Å². The maximum atomic E-state index is 9.53. The Labute approximate surface area is 35.9 Å². The molecule has 0 aromatic carbocycles. The third-order valence-corrected chi connectivity index (χ3v) is 0.413. The second-order valence-corrected chi connectivity index (χ2v) is 1.13. The Kier molecular flexibility index (Phi) is 2.08. The van der Waals surface area contributed by atoms with E-state index in [1.807, 2.05) is 0 Å². The van der Waals surface area contributed by atoms with Crippen LogP contribution in [0.2, 0.25) is 0 Å². The second kappa shape index (κ2) is 2.12. The van der Waals surface area contributed by atoms with Gasteiger partial charge in [-0.2, -0.15) is 5.11 Å². The molecular formula is C3H7O3. The van der Waals surface area contributed by atoms with Crippen LogP contribution in [0.3, 0.4) is 0 Å². The fraction of sp³-hybridized carbons (Fsp3) is 1.00. The zero-order valence-electron chi connectivity index (χ0n) is 3.46. The van der Waals surface area contributed by atoms with Crippen molar-refractivity contribution in [2.45, 2.75) is 19.3 Å². The monoisotopic (exact) mass is 91.0 g/mol. The standard InChI is InChI=1S/C3H7O3/c1-2(4)3(5)6/h2-5H,1H3/t2?,3-/m1/s1. The number of aliphatic hydroxyl groups excluding tert-OH is 2. The lowest BCUT2D eigenvalue weighted by atomic mass is 10.4. The number of aliphatic hydroxyl groups is 2. The van der Waals surface area contributed by atoms with Gasteiger partial charge in [0.1, 0.15) is 6.10 Å². The minimum atomic E-state index is -1.84. The lowest BCUT2D eigenvalue weighted by molar-refractivity contribution is -0.153. The van der Waals surface area contributed by atoms with Crippen molar-refractivity contribution in [3.63, 3.8) is 0 Å². The zero-order chi connectivity index (χ0) is 5.15. The fourth-order valence-electron chi connectivity index (χ4n) is 0. The maximum absolute atomic E-state index is 9.53. The Morgan fingerprint density at radius 2 is 1.67 bits per heavy atom. The lowest BCUT2D eigenvalue weighted by Gasteiger charge is -1.99. The molecule has 0 fully saturated rings. The van der Waals surface area contributed by atoms with Gasteiger partial charge in [-0.25, -0.2) is 0 Å². The van der Waals surface area contributed by atoms with E-state index in [-0.39, 0.29) is 0 Å². The van der Waals surface area contributed by atoms with Crippen molar-refractivity contribution in [1.29, 1.82) is 0 Å². The van der Waals surface area contributed by atoms with Gasteiger partial charge in [-0.3, -0.25) is 0 Å². The smallest absolute Gasteiger partial charge is 0.214 e. The number of hydrogen-bond acceptors (Lipinski definition) is 2. The van der Waals surface area contributed by atoms with Crippen molar-refractivity contribution in [2.24, 2.45) is 0 Å². The van der Waals surface area contributed by atoms with E-state index in [1.54, 1.807) is 0 Å². The second-order valence-electron chi connectivity index (χ2n) is 1.13. The van der Waals surface area contributed by atoms with E-state index < -0.39 is 12.4 Å². The van der Waals surface area contributed by atoms with Crippen molar-refractivity contribution in [3.05, 3.63) is 0 Å². The molecule has 3 heteroatoms. The first kappa shape index (κ1) is 5.88. The summed E-state index contributed by atoms with van der Waals surface area (Å²) >= 11 is 0. The maximum Gasteiger partial charge on any atom is 0.214 e. The van der Waals surface area contributed by atoms with Gasteiger partial charge in [0.05, 0.1) is 0 Å². The molecule has 3 nitrogen and oxygen atoms in total. The number of rotatable bonds is 1. The first-order chi connectivity index (χ1) is 2.64. The lowest BCUT2D eigenvalue weighted by Crippen LogP contribution is -2.19. The van der Waals surface area contributed by atoms with E-state index in [2.05, 4.69) is 0 Å². The fourth-order valence-corrected chi connectivity index (χ4v) is 0. The molecular weight excluding hydrogens is 84.0 g/mol. The van der Waals surface area contributed by atoms with Gasteiger partial charge in [-0.1, -0.05) is 0 Å². The van der Waals surface area contributed by atoms with Crippen molar-refractivity contribution in [2.75, 3.05) is 0 Å². The Morgan fingerprint density at radius 3 is 1.67 bits per heavy atom. The highest BCUT2D eigenvalue weighted by Crippen LogP contribution is 1.83. The highest BCUT2D eigenvalue weighted by Gasteiger charge is 2.04.